The minimum absolute atomic E-state index is 0.213. The lowest BCUT2D eigenvalue weighted by molar-refractivity contribution is -0.144. The van der Waals surface area contributed by atoms with E-state index in [-0.39, 0.29) is 29.9 Å². The maximum atomic E-state index is 12.3. The molecule has 0 aromatic carbocycles. The van der Waals surface area contributed by atoms with Crippen LogP contribution in [0.3, 0.4) is 0 Å². The van der Waals surface area contributed by atoms with Crippen LogP contribution in [0.4, 0.5) is 32.2 Å². The molecule has 3 nitrogen and oxygen atoms in total. The van der Waals surface area contributed by atoms with Crippen LogP contribution in [0, 0.1) is 0 Å². The van der Waals surface area contributed by atoms with Gasteiger partial charge in [-0.05, 0) is 11.8 Å². The Morgan fingerprint density at radius 1 is 1.16 bits per heavy atom. The Morgan fingerprint density at radius 2 is 1.79 bits per heavy atom. The highest BCUT2D eigenvalue weighted by Gasteiger charge is 2.35. The quantitative estimate of drug-likeness (QED) is 0.519. The molecule has 0 aliphatic carbocycles. The van der Waals surface area contributed by atoms with E-state index in [1.165, 1.54) is 0 Å². The third-order valence-electron chi connectivity index (χ3n) is 1.62. The van der Waals surface area contributed by atoms with Gasteiger partial charge in [-0.25, -0.2) is 9.97 Å². The van der Waals surface area contributed by atoms with E-state index in [0.717, 1.165) is 6.07 Å². The van der Waals surface area contributed by atoms with Gasteiger partial charge >= 0.3 is 11.7 Å². The number of halogens is 7. The Kier molecular flexibility index (Phi) is 5.13. The van der Waals surface area contributed by atoms with Gasteiger partial charge in [0.1, 0.15) is 11.0 Å². The van der Waals surface area contributed by atoms with Gasteiger partial charge in [0.25, 0.3) is 0 Å². The van der Waals surface area contributed by atoms with Gasteiger partial charge in [0.15, 0.2) is 0 Å². The number of hydrogen-bond acceptors (Lipinski definition) is 4. The van der Waals surface area contributed by atoms with Crippen LogP contribution in [0.1, 0.15) is 5.82 Å². The van der Waals surface area contributed by atoms with Crippen molar-refractivity contribution < 1.29 is 26.3 Å². The first-order valence-corrected chi connectivity index (χ1v) is 6.00. The van der Waals surface area contributed by atoms with Gasteiger partial charge in [0.05, 0.1) is 0 Å². The monoisotopic (exact) mass is 325 g/mol. The predicted molar refractivity (Wildman–Crippen MR) is 59.0 cm³/mol. The molecule has 0 radical (unpaired) electrons. The summed E-state index contributed by atoms with van der Waals surface area (Å²) in [6.07, 6.45) is -4.78. The first-order chi connectivity index (χ1) is 8.58. The van der Waals surface area contributed by atoms with Crippen LogP contribution in [0.25, 0.3) is 0 Å². The lowest BCUT2D eigenvalue weighted by Gasteiger charge is -2.10. The van der Waals surface area contributed by atoms with Crippen LogP contribution in [-0.2, 0) is 6.18 Å². The molecule has 108 valence electrons. The largest absolute Gasteiger partial charge is 0.451 e. The summed E-state index contributed by atoms with van der Waals surface area (Å²) in [4.78, 5) is 6.09. The summed E-state index contributed by atoms with van der Waals surface area (Å²) < 4.78 is 72.4. The molecule has 0 amide bonds. The van der Waals surface area contributed by atoms with Crippen LogP contribution in [-0.4, -0.2) is 27.8 Å². The van der Waals surface area contributed by atoms with Gasteiger partial charge in [0, 0.05) is 18.4 Å². The Hall–Kier alpha value is -0.900. The Balaban J connectivity index is 2.62. The zero-order chi connectivity index (χ0) is 14.7. The lowest BCUT2D eigenvalue weighted by Crippen LogP contribution is -2.15. The van der Waals surface area contributed by atoms with Crippen molar-refractivity contribution in [2.24, 2.45) is 0 Å². The first-order valence-electron chi connectivity index (χ1n) is 4.64. The zero-order valence-corrected chi connectivity index (χ0v) is 10.5. The summed E-state index contributed by atoms with van der Waals surface area (Å²) in [6.45, 7) is -0.213. The highest BCUT2D eigenvalue weighted by atomic mass is 35.5. The van der Waals surface area contributed by atoms with Crippen molar-refractivity contribution in [3.8, 4) is 0 Å². The average Bonchev–Trinajstić information content (AvgIpc) is 2.21. The Labute approximate surface area is 112 Å². The normalized spacial score (nSPS) is 12.6. The molecule has 0 saturated heterocycles. The zero-order valence-electron chi connectivity index (χ0n) is 8.94. The highest BCUT2D eigenvalue weighted by Crippen LogP contribution is 2.30. The van der Waals surface area contributed by atoms with Crippen LogP contribution in [0.2, 0.25) is 5.15 Å². The second-order valence-electron chi connectivity index (χ2n) is 3.12. The SMILES string of the molecule is FC(F)(F)SCCNc1cc(Cl)nc(C(F)(F)F)n1. The molecule has 0 saturated carbocycles. The molecule has 0 spiro atoms. The molecular formula is C8H6ClF6N3S. The molecule has 0 atom stereocenters. The fourth-order valence-electron chi connectivity index (χ4n) is 0.981. The minimum Gasteiger partial charge on any atom is -0.369 e. The molecule has 1 rings (SSSR count). The lowest BCUT2D eigenvalue weighted by atomic mass is 10.5. The Morgan fingerprint density at radius 3 is 2.32 bits per heavy atom. The summed E-state index contributed by atoms with van der Waals surface area (Å²) in [5.41, 5.74) is -4.39. The van der Waals surface area contributed by atoms with E-state index in [0.29, 0.717) is 0 Å². The van der Waals surface area contributed by atoms with Crippen molar-refractivity contribution in [1.29, 1.82) is 0 Å². The van der Waals surface area contributed by atoms with Crippen molar-refractivity contribution >= 4 is 29.2 Å². The fraction of sp³-hybridized carbons (Fsp3) is 0.500. The number of alkyl halides is 6. The van der Waals surface area contributed by atoms with Gasteiger partial charge in [0.2, 0.25) is 5.82 Å². The maximum Gasteiger partial charge on any atom is 0.451 e. The van der Waals surface area contributed by atoms with Gasteiger partial charge in [-0.1, -0.05) is 11.6 Å². The summed E-state index contributed by atoms with van der Waals surface area (Å²) in [5.74, 6) is -2.10. The highest BCUT2D eigenvalue weighted by molar-refractivity contribution is 8.00. The van der Waals surface area contributed by atoms with E-state index in [4.69, 9.17) is 11.6 Å². The number of nitrogens with zero attached hydrogens (tertiary/aromatic N) is 2. The van der Waals surface area contributed by atoms with E-state index in [1.54, 1.807) is 0 Å². The van der Waals surface area contributed by atoms with E-state index in [1.807, 2.05) is 0 Å². The molecule has 0 bridgehead atoms. The molecule has 1 aromatic rings. The van der Waals surface area contributed by atoms with E-state index in [2.05, 4.69) is 15.3 Å². The molecule has 1 N–H and O–H groups in total. The van der Waals surface area contributed by atoms with Crippen molar-refractivity contribution in [1.82, 2.24) is 9.97 Å². The summed E-state index contributed by atoms with van der Waals surface area (Å²) in [6, 6.07) is 0.995. The van der Waals surface area contributed by atoms with Crippen LogP contribution in [0.15, 0.2) is 6.07 Å². The molecular weight excluding hydrogens is 320 g/mol. The average molecular weight is 326 g/mol. The topological polar surface area (TPSA) is 37.8 Å². The van der Waals surface area contributed by atoms with Crippen LogP contribution in [0.5, 0.6) is 0 Å². The van der Waals surface area contributed by atoms with Crippen LogP contribution >= 0.6 is 23.4 Å². The number of aromatic nitrogens is 2. The molecule has 0 fully saturated rings. The number of thioether (sulfide) groups is 1. The molecule has 19 heavy (non-hydrogen) atoms. The third kappa shape index (κ3) is 6.19. The number of rotatable bonds is 4. The third-order valence-corrected chi connectivity index (χ3v) is 2.55. The summed E-state index contributed by atoms with van der Waals surface area (Å²) >= 11 is 5.07. The first kappa shape index (κ1) is 16.2. The van der Waals surface area contributed by atoms with Crippen LogP contribution < -0.4 is 5.32 Å². The summed E-state index contributed by atoms with van der Waals surface area (Å²) in [5, 5.41) is 1.86. The van der Waals surface area contributed by atoms with E-state index < -0.39 is 22.7 Å². The van der Waals surface area contributed by atoms with Crippen molar-refractivity contribution in [2.75, 3.05) is 17.6 Å². The van der Waals surface area contributed by atoms with Crippen molar-refractivity contribution in [3.05, 3.63) is 17.0 Å². The maximum absolute atomic E-state index is 12.3. The van der Waals surface area contributed by atoms with E-state index in [9.17, 15) is 26.3 Å². The summed E-state index contributed by atoms with van der Waals surface area (Å²) in [7, 11) is 0. The fourth-order valence-corrected chi connectivity index (χ4v) is 1.60. The second kappa shape index (κ2) is 6.04. The molecule has 0 aliphatic rings. The Bertz CT molecular complexity index is 435. The number of anilines is 1. The molecule has 0 unspecified atom stereocenters. The van der Waals surface area contributed by atoms with Crippen molar-refractivity contribution in [3.63, 3.8) is 0 Å². The molecule has 0 aliphatic heterocycles. The van der Waals surface area contributed by atoms with Gasteiger partial charge in [-0.3, -0.25) is 0 Å². The second-order valence-corrected chi connectivity index (χ2v) is 4.67. The smallest absolute Gasteiger partial charge is 0.369 e. The number of nitrogens with one attached hydrogen (secondary N) is 1. The predicted octanol–water partition coefficient (Wildman–Crippen LogP) is 3.81. The molecule has 1 heterocycles. The number of hydrogen-bond donors (Lipinski definition) is 1. The standard InChI is InChI=1S/C8H6ClF6N3S/c9-4-3-5(16-1-2-19-8(13,14)15)18-6(17-4)7(10,11)12/h3H,1-2H2,(H,16,17,18). The molecule has 11 heteroatoms. The van der Waals surface area contributed by atoms with E-state index >= 15 is 0 Å². The van der Waals surface area contributed by atoms with Gasteiger partial charge in [-0.15, -0.1) is 0 Å². The minimum atomic E-state index is -4.78. The van der Waals surface area contributed by atoms with Crippen molar-refractivity contribution in [2.45, 2.75) is 11.7 Å². The van der Waals surface area contributed by atoms with Gasteiger partial charge in [-0.2, -0.15) is 26.3 Å². The van der Waals surface area contributed by atoms with Gasteiger partial charge < -0.3 is 5.32 Å². The molecule has 1 aromatic heterocycles.